The second-order valence-corrected chi connectivity index (χ2v) is 5.76. The highest BCUT2D eigenvalue weighted by molar-refractivity contribution is 7.91. The molecule has 0 saturated heterocycles. The van der Waals surface area contributed by atoms with E-state index in [9.17, 15) is 12.8 Å². The van der Waals surface area contributed by atoms with Crippen LogP contribution in [0.5, 0.6) is 0 Å². The largest absolute Gasteiger partial charge is 0.264 e. The molecule has 0 saturated carbocycles. The van der Waals surface area contributed by atoms with Crippen molar-refractivity contribution in [3.8, 4) is 0 Å². The lowest BCUT2D eigenvalue weighted by atomic mass is 10.2. The zero-order chi connectivity index (χ0) is 13.9. The number of rotatable bonds is 4. The van der Waals surface area contributed by atoms with Gasteiger partial charge in [-0.3, -0.25) is 4.72 Å². The Bertz CT molecular complexity index is 677. The molecule has 1 aromatic carbocycles. The fourth-order valence-corrected chi connectivity index (χ4v) is 2.73. The van der Waals surface area contributed by atoms with E-state index in [0.717, 1.165) is 0 Å². The molecule has 2 aromatic rings. The molecule has 19 heavy (non-hydrogen) atoms. The standard InChI is InChI=1S/C11H9ClFN3O2S/c12-10-11(15-6-5-14-10)16-19(17,18)7-8-1-3-9(13)4-2-8/h1-6H,7H2,(H,15,16). The van der Waals surface area contributed by atoms with Gasteiger partial charge in [-0.15, -0.1) is 0 Å². The summed E-state index contributed by atoms with van der Waals surface area (Å²) in [7, 11) is -3.68. The average Bonchev–Trinajstić information content (AvgIpc) is 2.35. The van der Waals surface area contributed by atoms with Crippen LogP contribution in [0.15, 0.2) is 36.7 Å². The number of sulfonamides is 1. The summed E-state index contributed by atoms with van der Waals surface area (Å²) >= 11 is 5.70. The Hall–Kier alpha value is -1.73. The van der Waals surface area contributed by atoms with Crippen LogP contribution in [0.3, 0.4) is 0 Å². The highest BCUT2D eigenvalue weighted by atomic mass is 35.5. The van der Waals surface area contributed by atoms with Gasteiger partial charge in [0.25, 0.3) is 0 Å². The molecule has 0 aliphatic rings. The number of aromatic nitrogens is 2. The van der Waals surface area contributed by atoms with Gasteiger partial charge in [-0.05, 0) is 17.7 Å². The Morgan fingerprint density at radius 2 is 1.79 bits per heavy atom. The first-order valence-corrected chi connectivity index (χ1v) is 7.21. The molecular weight excluding hydrogens is 293 g/mol. The second-order valence-electron chi connectivity index (χ2n) is 3.68. The maximum absolute atomic E-state index is 12.7. The number of benzene rings is 1. The molecule has 100 valence electrons. The minimum atomic E-state index is -3.68. The fourth-order valence-electron chi connectivity index (χ4n) is 1.37. The molecule has 0 atom stereocenters. The third kappa shape index (κ3) is 3.87. The fraction of sp³-hybridized carbons (Fsp3) is 0.0909. The minimum absolute atomic E-state index is 0.0359. The SMILES string of the molecule is O=S(=O)(Cc1ccc(F)cc1)Nc1nccnc1Cl. The van der Waals surface area contributed by atoms with Crippen LogP contribution in [0.2, 0.25) is 5.15 Å². The highest BCUT2D eigenvalue weighted by Gasteiger charge is 2.14. The van der Waals surface area contributed by atoms with Gasteiger partial charge in [0.05, 0.1) is 5.75 Å². The summed E-state index contributed by atoms with van der Waals surface area (Å²) in [5, 5.41) is -0.0369. The molecule has 1 N–H and O–H groups in total. The molecule has 2 rings (SSSR count). The van der Waals surface area contributed by atoms with Gasteiger partial charge in [-0.25, -0.2) is 22.8 Å². The molecule has 1 aromatic heterocycles. The van der Waals surface area contributed by atoms with E-state index < -0.39 is 15.8 Å². The first-order chi connectivity index (χ1) is 8.96. The molecule has 1 heterocycles. The van der Waals surface area contributed by atoms with Crippen LogP contribution < -0.4 is 4.72 Å². The predicted octanol–water partition coefficient (Wildman–Crippen LogP) is 2.21. The van der Waals surface area contributed by atoms with E-state index in [1.54, 1.807) is 0 Å². The van der Waals surface area contributed by atoms with Crippen molar-refractivity contribution in [3.05, 3.63) is 53.2 Å². The Morgan fingerprint density at radius 3 is 2.42 bits per heavy atom. The molecule has 0 aliphatic carbocycles. The molecule has 0 aliphatic heterocycles. The topological polar surface area (TPSA) is 72.0 Å². The molecular formula is C11H9ClFN3O2S. The lowest BCUT2D eigenvalue weighted by molar-refractivity contribution is 0.599. The van der Waals surface area contributed by atoms with Crippen molar-refractivity contribution < 1.29 is 12.8 Å². The molecule has 0 fully saturated rings. The van der Waals surface area contributed by atoms with Crippen molar-refractivity contribution >= 4 is 27.4 Å². The van der Waals surface area contributed by atoms with Gasteiger partial charge in [-0.2, -0.15) is 0 Å². The van der Waals surface area contributed by atoms with Crippen molar-refractivity contribution in [2.75, 3.05) is 4.72 Å². The number of nitrogens with one attached hydrogen (secondary N) is 1. The predicted molar refractivity (Wildman–Crippen MR) is 69.7 cm³/mol. The number of hydrogen-bond acceptors (Lipinski definition) is 4. The van der Waals surface area contributed by atoms with Crippen molar-refractivity contribution in [1.82, 2.24) is 9.97 Å². The van der Waals surface area contributed by atoms with Crippen LogP contribution in [0.1, 0.15) is 5.56 Å². The molecule has 8 heteroatoms. The highest BCUT2D eigenvalue weighted by Crippen LogP contribution is 2.17. The zero-order valence-corrected chi connectivity index (χ0v) is 11.1. The summed E-state index contributed by atoms with van der Waals surface area (Å²) in [5.74, 6) is -0.766. The summed E-state index contributed by atoms with van der Waals surface area (Å²) in [4.78, 5) is 7.48. The van der Waals surface area contributed by atoms with Crippen molar-refractivity contribution in [1.29, 1.82) is 0 Å². The minimum Gasteiger partial charge on any atom is -0.264 e. The van der Waals surface area contributed by atoms with Gasteiger partial charge in [0.2, 0.25) is 10.0 Å². The maximum atomic E-state index is 12.7. The monoisotopic (exact) mass is 301 g/mol. The van der Waals surface area contributed by atoms with Gasteiger partial charge in [0.1, 0.15) is 5.82 Å². The summed E-state index contributed by atoms with van der Waals surface area (Å²) in [6.45, 7) is 0. The summed E-state index contributed by atoms with van der Waals surface area (Å²) in [5.41, 5.74) is 0.453. The quantitative estimate of drug-likeness (QED) is 0.940. The molecule has 0 radical (unpaired) electrons. The number of anilines is 1. The van der Waals surface area contributed by atoms with Crippen molar-refractivity contribution in [2.45, 2.75) is 5.75 Å². The molecule has 0 spiro atoms. The molecule has 5 nitrogen and oxygen atoms in total. The van der Waals surface area contributed by atoms with Crippen molar-refractivity contribution in [2.24, 2.45) is 0 Å². The van der Waals surface area contributed by atoms with Crippen LogP contribution >= 0.6 is 11.6 Å². The molecule has 0 unspecified atom stereocenters. The lowest BCUT2D eigenvalue weighted by Crippen LogP contribution is -2.16. The third-order valence-electron chi connectivity index (χ3n) is 2.18. The van der Waals surface area contributed by atoms with Crippen LogP contribution in [-0.4, -0.2) is 18.4 Å². The number of nitrogens with zero attached hydrogens (tertiary/aromatic N) is 2. The molecule has 0 amide bonds. The van der Waals surface area contributed by atoms with E-state index in [1.807, 2.05) is 0 Å². The van der Waals surface area contributed by atoms with Gasteiger partial charge in [-0.1, -0.05) is 23.7 Å². The second kappa shape index (κ2) is 5.50. The van der Waals surface area contributed by atoms with Crippen LogP contribution in [-0.2, 0) is 15.8 Å². The normalized spacial score (nSPS) is 11.3. The van der Waals surface area contributed by atoms with Crippen LogP contribution in [0.25, 0.3) is 0 Å². The van der Waals surface area contributed by atoms with Crippen LogP contribution in [0.4, 0.5) is 10.2 Å². The number of halogens is 2. The lowest BCUT2D eigenvalue weighted by Gasteiger charge is -2.07. The zero-order valence-electron chi connectivity index (χ0n) is 9.55. The average molecular weight is 302 g/mol. The summed E-state index contributed by atoms with van der Waals surface area (Å²) < 4.78 is 38.7. The van der Waals surface area contributed by atoms with Gasteiger partial charge < -0.3 is 0 Å². The van der Waals surface area contributed by atoms with E-state index in [2.05, 4.69) is 14.7 Å². The number of hydrogen-bond donors (Lipinski definition) is 1. The van der Waals surface area contributed by atoms with E-state index in [0.29, 0.717) is 5.56 Å². The van der Waals surface area contributed by atoms with Crippen LogP contribution in [0, 0.1) is 5.82 Å². The third-order valence-corrected chi connectivity index (χ3v) is 3.67. The Labute approximate surface area is 114 Å². The van der Waals surface area contributed by atoms with Gasteiger partial charge >= 0.3 is 0 Å². The van der Waals surface area contributed by atoms with E-state index in [-0.39, 0.29) is 16.7 Å². The summed E-state index contributed by atoms with van der Waals surface area (Å²) in [6.07, 6.45) is 2.67. The Balaban J connectivity index is 2.15. The summed E-state index contributed by atoms with van der Waals surface area (Å²) in [6, 6.07) is 5.18. The first-order valence-electron chi connectivity index (χ1n) is 5.18. The van der Waals surface area contributed by atoms with Gasteiger partial charge in [0, 0.05) is 12.4 Å². The Morgan fingerprint density at radius 1 is 1.16 bits per heavy atom. The Kier molecular flexibility index (Phi) is 3.96. The van der Waals surface area contributed by atoms with Gasteiger partial charge in [0.15, 0.2) is 11.0 Å². The van der Waals surface area contributed by atoms with E-state index in [4.69, 9.17) is 11.6 Å². The molecule has 0 bridgehead atoms. The van der Waals surface area contributed by atoms with Crippen molar-refractivity contribution in [3.63, 3.8) is 0 Å². The first kappa shape index (κ1) is 13.7. The smallest absolute Gasteiger partial charge is 0.238 e. The maximum Gasteiger partial charge on any atom is 0.238 e. The van der Waals surface area contributed by atoms with E-state index in [1.165, 1.54) is 36.7 Å². The van der Waals surface area contributed by atoms with E-state index >= 15 is 0 Å².